The van der Waals surface area contributed by atoms with Gasteiger partial charge in [-0.25, -0.2) is 4.39 Å². The van der Waals surface area contributed by atoms with Crippen molar-refractivity contribution in [3.63, 3.8) is 0 Å². The van der Waals surface area contributed by atoms with E-state index >= 15 is 0 Å². The Labute approximate surface area is 107 Å². The number of rotatable bonds is 7. The predicted molar refractivity (Wildman–Crippen MR) is 68.8 cm³/mol. The molecule has 0 amide bonds. The first-order valence-electron chi connectivity index (χ1n) is 6.20. The lowest BCUT2D eigenvalue weighted by Crippen LogP contribution is -2.30. The van der Waals surface area contributed by atoms with Crippen molar-refractivity contribution in [2.75, 3.05) is 20.2 Å². The summed E-state index contributed by atoms with van der Waals surface area (Å²) in [4.78, 5) is 11.3. The molecule has 0 saturated carbocycles. The van der Waals surface area contributed by atoms with Crippen LogP contribution in [0.25, 0.3) is 0 Å². The molecule has 0 saturated heterocycles. The van der Waals surface area contributed by atoms with Crippen LogP contribution in [0.15, 0.2) is 24.3 Å². The smallest absolute Gasteiger partial charge is 0.309 e. The monoisotopic (exact) mass is 253 g/mol. The molecular weight excluding hydrogens is 233 g/mol. The molecule has 1 rings (SSSR count). The fourth-order valence-electron chi connectivity index (χ4n) is 1.72. The number of hydrogen-bond acceptors (Lipinski definition) is 3. The number of carbonyl (C=O) groups is 1. The SMILES string of the molecule is CCC(CNCCc1ccc(F)cc1)C(=O)OC. The average molecular weight is 253 g/mol. The van der Waals surface area contributed by atoms with E-state index in [1.54, 1.807) is 12.1 Å². The quantitative estimate of drug-likeness (QED) is 0.598. The number of halogens is 1. The second-order valence-electron chi connectivity index (χ2n) is 4.21. The minimum atomic E-state index is -0.219. The molecule has 1 N–H and O–H groups in total. The summed E-state index contributed by atoms with van der Waals surface area (Å²) in [5, 5.41) is 3.22. The minimum absolute atomic E-state index is 0.0942. The lowest BCUT2D eigenvalue weighted by Gasteiger charge is -2.13. The highest BCUT2D eigenvalue weighted by Gasteiger charge is 2.15. The molecule has 0 aromatic heterocycles. The van der Waals surface area contributed by atoms with Crippen molar-refractivity contribution in [3.8, 4) is 0 Å². The van der Waals surface area contributed by atoms with Crippen molar-refractivity contribution in [2.45, 2.75) is 19.8 Å². The van der Waals surface area contributed by atoms with Crippen LogP contribution in [0.5, 0.6) is 0 Å². The van der Waals surface area contributed by atoms with Gasteiger partial charge >= 0.3 is 5.97 Å². The number of esters is 1. The summed E-state index contributed by atoms with van der Waals surface area (Å²) in [5.74, 6) is -0.488. The molecular formula is C14H20FNO2. The fraction of sp³-hybridized carbons (Fsp3) is 0.500. The number of ether oxygens (including phenoxy) is 1. The van der Waals surface area contributed by atoms with E-state index in [1.807, 2.05) is 6.92 Å². The van der Waals surface area contributed by atoms with Crippen molar-refractivity contribution in [1.29, 1.82) is 0 Å². The molecule has 1 unspecified atom stereocenters. The molecule has 1 atom stereocenters. The van der Waals surface area contributed by atoms with Crippen molar-refractivity contribution in [1.82, 2.24) is 5.32 Å². The van der Waals surface area contributed by atoms with Crippen molar-refractivity contribution >= 4 is 5.97 Å². The van der Waals surface area contributed by atoms with Crippen molar-refractivity contribution in [3.05, 3.63) is 35.6 Å². The normalized spacial score (nSPS) is 12.2. The maximum Gasteiger partial charge on any atom is 0.309 e. The zero-order valence-corrected chi connectivity index (χ0v) is 10.9. The molecule has 0 aliphatic rings. The summed E-state index contributed by atoms with van der Waals surface area (Å²) < 4.78 is 17.4. The van der Waals surface area contributed by atoms with Crippen LogP contribution >= 0.6 is 0 Å². The molecule has 18 heavy (non-hydrogen) atoms. The third-order valence-electron chi connectivity index (χ3n) is 2.92. The number of nitrogens with one attached hydrogen (secondary N) is 1. The highest BCUT2D eigenvalue weighted by Crippen LogP contribution is 2.04. The zero-order chi connectivity index (χ0) is 13.4. The van der Waals surface area contributed by atoms with E-state index in [-0.39, 0.29) is 17.7 Å². The van der Waals surface area contributed by atoms with Crippen molar-refractivity contribution in [2.24, 2.45) is 5.92 Å². The summed E-state index contributed by atoms with van der Waals surface area (Å²) in [6.45, 7) is 3.34. The van der Waals surface area contributed by atoms with Gasteiger partial charge in [0, 0.05) is 6.54 Å². The molecule has 0 radical (unpaired) electrons. The van der Waals surface area contributed by atoms with Gasteiger partial charge in [-0.2, -0.15) is 0 Å². The topological polar surface area (TPSA) is 38.3 Å². The highest BCUT2D eigenvalue weighted by atomic mass is 19.1. The van der Waals surface area contributed by atoms with E-state index in [0.29, 0.717) is 6.54 Å². The lowest BCUT2D eigenvalue weighted by atomic mass is 10.1. The van der Waals surface area contributed by atoms with Crippen LogP contribution in [0, 0.1) is 11.7 Å². The van der Waals surface area contributed by atoms with Crippen LogP contribution in [0.3, 0.4) is 0 Å². The molecule has 3 nitrogen and oxygen atoms in total. The van der Waals surface area contributed by atoms with Gasteiger partial charge in [-0.1, -0.05) is 19.1 Å². The van der Waals surface area contributed by atoms with Gasteiger partial charge < -0.3 is 10.1 Å². The first kappa shape index (κ1) is 14.6. The summed E-state index contributed by atoms with van der Waals surface area (Å²) >= 11 is 0. The maximum atomic E-state index is 12.7. The molecule has 0 bridgehead atoms. The number of methoxy groups -OCH3 is 1. The van der Waals surface area contributed by atoms with E-state index in [0.717, 1.165) is 24.9 Å². The first-order chi connectivity index (χ1) is 8.67. The average Bonchev–Trinajstić information content (AvgIpc) is 2.40. The van der Waals surface area contributed by atoms with E-state index < -0.39 is 0 Å². The van der Waals surface area contributed by atoms with Crippen LogP contribution in [0.4, 0.5) is 4.39 Å². The molecule has 1 aromatic rings. The van der Waals surface area contributed by atoms with Gasteiger partial charge in [0.2, 0.25) is 0 Å². The first-order valence-corrected chi connectivity index (χ1v) is 6.20. The molecule has 100 valence electrons. The standard InChI is InChI=1S/C14H20FNO2/c1-3-12(14(17)18-2)10-16-9-8-11-4-6-13(15)7-5-11/h4-7,12,16H,3,8-10H2,1-2H3. The Balaban J connectivity index is 2.25. The third-order valence-corrected chi connectivity index (χ3v) is 2.92. The summed E-state index contributed by atoms with van der Waals surface area (Å²) in [7, 11) is 1.41. The Morgan fingerprint density at radius 2 is 2.06 bits per heavy atom. The zero-order valence-electron chi connectivity index (χ0n) is 10.9. The molecule has 0 aliphatic heterocycles. The second-order valence-corrected chi connectivity index (χ2v) is 4.21. The largest absolute Gasteiger partial charge is 0.469 e. The Hall–Kier alpha value is -1.42. The second kappa shape index (κ2) is 7.82. The summed E-state index contributed by atoms with van der Waals surface area (Å²) in [6.07, 6.45) is 1.58. The fourth-order valence-corrected chi connectivity index (χ4v) is 1.72. The van der Waals surface area contributed by atoms with Gasteiger partial charge in [-0.05, 0) is 37.1 Å². The Morgan fingerprint density at radius 3 is 2.61 bits per heavy atom. The van der Waals surface area contributed by atoms with Gasteiger partial charge in [0.15, 0.2) is 0 Å². The minimum Gasteiger partial charge on any atom is -0.469 e. The number of hydrogen-bond donors (Lipinski definition) is 1. The number of benzene rings is 1. The molecule has 0 heterocycles. The van der Waals surface area contributed by atoms with Crippen LogP contribution in [-0.4, -0.2) is 26.2 Å². The van der Waals surface area contributed by atoms with E-state index in [1.165, 1.54) is 19.2 Å². The van der Waals surface area contributed by atoms with Gasteiger partial charge in [0.25, 0.3) is 0 Å². The number of carbonyl (C=O) groups excluding carboxylic acids is 1. The molecule has 0 fully saturated rings. The van der Waals surface area contributed by atoms with Gasteiger partial charge in [-0.3, -0.25) is 4.79 Å². The van der Waals surface area contributed by atoms with Crippen LogP contribution in [-0.2, 0) is 16.0 Å². The molecule has 4 heteroatoms. The van der Waals surface area contributed by atoms with Crippen molar-refractivity contribution < 1.29 is 13.9 Å². The Bertz CT molecular complexity index is 365. The van der Waals surface area contributed by atoms with E-state index in [9.17, 15) is 9.18 Å². The summed E-state index contributed by atoms with van der Waals surface area (Å²) in [6, 6.07) is 6.46. The van der Waals surface area contributed by atoms with Gasteiger partial charge in [0.1, 0.15) is 5.82 Å². The molecule has 0 aliphatic carbocycles. The van der Waals surface area contributed by atoms with E-state index in [4.69, 9.17) is 4.74 Å². The third kappa shape index (κ3) is 4.84. The molecule has 1 aromatic carbocycles. The molecule has 0 spiro atoms. The Kier molecular flexibility index (Phi) is 6.36. The lowest BCUT2D eigenvalue weighted by molar-refractivity contribution is -0.145. The maximum absolute atomic E-state index is 12.7. The Morgan fingerprint density at radius 1 is 1.39 bits per heavy atom. The van der Waals surface area contributed by atoms with Crippen LogP contribution in [0.1, 0.15) is 18.9 Å². The van der Waals surface area contributed by atoms with Gasteiger partial charge in [0.05, 0.1) is 13.0 Å². The van der Waals surface area contributed by atoms with Crippen LogP contribution < -0.4 is 5.32 Å². The summed E-state index contributed by atoms with van der Waals surface area (Å²) in [5.41, 5.74) is 1.08. The highest BCUT2D eigenvalue weighted by molar-refractivity contribution is 5.72. The predicted octanol–water partition coefficient (Wildman–Crippen LogP) is 2.16. The van der Waals surface area contributed by atoms with Gasteiger partial charge in [-0.15, -0.1) is 0 Å². The van der Waals surface area contributed by atoms with Crippen LogP contribution in [0.2, 0.25) is 0 Å². The van der Waals surface area contributed by atoms with E-state index in [2.05, 4.69) is 5.32 Å².